The molecule has 22 heavy (non-hydrogen) atoms. The van der Waals surface area contributed by atoms with Crippen molar-refractivity contribution in [2.45, 2.75) is 23.7 Å². The molecule has 1 aromatic carbocycles. The largest absolute Gasteiger partial charge is 0.477 e. The zero-order chi connectivity index (χ0) is 15.5. The van der Waals surface area contributed by atoms with Crippen LogP contribution in [0.15, 0.2) is 48.8 Å². The standard InChI is InChI=1S/C16H17NO4S/c18-13-9-22-16(15(20)14(13)19)21-12-5-3-10(4-6-12)11-2-1-7-17-8-11/h1-8,13-16,18-20H,9H2/t13-,14+,15-,16+/m1/s1. The molecule has 2 aromatic rings. The molecule has 1 aliphatic rings. The Balaban J connectivity index is 1.69. The molecule has 1 fully saturated rings. The Morgan fingerprint density at radius 1 is 1.00 bits per heavy atom. The highest BCUT2D eigenvalue weighted by Gasteiger charge is 2.38. The quantitative estimate of drug-likeness (QED) is 0.791. The number of aliphatic hydroxyl groups is 3. The first-order valence-electron chi connectivity index (χ1n) is 6.98. The number of hydrogen-bond acceptors (Lipinski definition) is 6. The summed E-state index contributed by atoms with van der Waals surface area (Å²) in [6.07, 6.45) is 0.289. The third-order valence-electron chi connectivity index (χ3n) is 3.56. The van der Waals surface area contributed by atoms with Crippen LogP contribution in [-0.2, 0) is 0 Å². The summed E-state index contributed by atoms with van der Waals surface area (Å²) >= 11 is 1.29. The minimum Gasteiger partial charge on any atom is -0.477 e. The van der Waals surface area contributed by atoms with Gasteiger partial charge in [-0.1, -0.05) is 18.2 Å². The maximum atomic E-state index is 9.94. The third-order valence-corrected chi connectivity index (χ3v) is 4.79. The molecule has 0 amide bonds. The number of rotatable bonds is 3. The number of aromatic nitrogens is 1. The molecule has 6 heteroatoms. The molecular weight excluding hydrogens is 302 g/mol. The van der Waals surface area contributed by atoms with Crippen LogP contribution in [0, 0.1) is 0 Å². The van der Waals surface area contributed by atoms with Crippen LogP contribution in [0.4, 0.5) is 0 Å². The maximum Gasteiger partial charge on any atom is 0.173 e. The lowest BCUT2D eigenvalue weighted by molar-refractivity contribution is -0.0786. The Kier molecular flexibility index (Phi) is 4.63. The van der Waals surface area contributed by atoms with E-state index in [-0.39, 0.29) is 0 Å². The molecular formula is C16H17NO4S. The summed E-state index contributed by atoms with van der Waals surface area (Å²) in [5.74, 6) is 0.934. The molecule has 0 saturated carbocycles. The Morgan fingerprint density at radius 3 is 2.45 bits per heavy atom. The van der Waals surface area contributed by atoms with Crippen molar-refractivity contribution in [2.75, 3.05) is 5.75 Å². The Morgan fingerprint density at radius 2 is 1.77 bits per heavy atom. The van der Waals surface area contributed by atoms with E-state index in [4.69, 9.17) is 4.74 Å². The second-order valence-corrected chi connectivity index (χ2v) is 6.27. The van der Waals surface area contributed by atoms with E-state index in [1.165, 1.54) is 11.8 Å². The average Bonchev–Trinajstić information content (AvgIpc) is 2.57. The van der Waals surface area contributed by atoms with Crippen LogP contribution in [-0.4, -0.2) is 49.8 Å². The zero-order valence-electron chi connectivity index (χ0n) is 11.7. The average molecular weight is 319 g/mol. The van der Waals surface area contributed by atoms with E-state index in [9.17, 15) is 15.3 Å². The third kappa shape index (κ3) is 3.25. The van der Waals surface area contributed by atoms with Crippen LogP contribution < -0.4 is 4.74 Å². The SMILES string of the molecule is O[C@@H]1[C@@H](O)[C@@H](Oc2ccc(-c3cccnc3)cc2)SC[C@H]1O. The first-order valence-corrected chi connectivity index (χ1v) is 8.03. The van der Waals surface area contributed by atoms with Crippen molar-refractivity contribution in [2.24, 2.45) is 0 Å². The molecule has 5 nitrogen and oxygen atoms in total. The van der Waals surface area contributed by atoms with Gasteiger partial charge in [0.25, 0.3) is 0 Å². The fraction of sp³-hybridized carbons (Fsp3) is 0.312. The van der Waals surface area contributed by atoms with Gasteiger partial charge in [0.05, 0.1) is 6.10 Å². The van der Waals surface area contributed by atoms with E-state index in [1.807, 2.05) is 36.4 Å². The fourth-order valence-corrected chi connectivity index (χ4v) is 3.40. The summed E-state index contributed by atoms with van der Waals surface area (Å²) < 4.78 is 5.70. The molecule has 2 heterocycles. The van der Waals surface area contributed by atoms with Crippen molar-refractivity contribution in [3.63, 3.8) is 0 Å². The summed E-state index contributed by atoms with van der Waals surface area (Å²) in [4.78, 5) is 4.08. The van der Waals surface area contributed by atoms with Gasteiger partial charge in [0, 0.05) is 18.1 Å². The van der Waals surface area contributed by atoms with Gasteiger partial charge in [0.2, 0.25) is 0 Å². The van der Waals surface area contributed by atoms with Gasteiger partial charge in [-0.2, -0.15) is 0 Å². The second-order valence-electron chi connectivity index (χ2n) is 5.13. The highest BCUT2D eigenvalue weighted by Crippen LogP contribution is 2.30. The molecule has 0 radical (unpaired) electrons. The van der Waals surface area contributed by atoms with Gasteiger partial charge in [0.15, 0.2) is 5.44 Å². The molecule has 0 aliphatic carbocycles. The van der Waals surface area contributed by atoms with Gasteiger partial charge in [-0.15, -0.1) is 11.8 Å². The fourth-order valence-electron chi connectivity index (χ4n) is 2.28. The number of pyridine rings is 1. The first kappa shape index (κ1) is 15.3. The van der Waals surface area contributed by atoms with Crippen molar-refractivity contribution in [3.05, 3.63) is 48.8 Å². The minimum absolute atomic E-state index is 0.330. The number of nitrogens with zero attached hydrogens (tertiary/aromatic N) is 1. The lowest BCUT2D eigenvalue weighted by Crippen LogP contribution is -2.50. The van der Waals surface area contributed by atoms with Crippen molar-refractivity contribution in [1.29, 1.82) is 0 Å². The van der Waals surface area contributed by atoms with E-state index in [1.54, 1.807) is 12.4 Å². The molecule has 4 atom stereocenters. The van der Waals surface area contributed by atoms with E-state index in [0.29, 0.717) is 11.5 Å². The highest BCUT2D eigenvalue weighted by molar-refractivity contribution is 7.99. The second kappa shape index (κ2) is 6.66. The van der Waals surface area contributed by atoms with Crippen molar-refractivity contribution >= 4 is 11.8 Å². The van der Waals surface area contributed by atoms with E-state index in [2.05, 4.69) is 4.98 Å². The smallest absolute Gasteiger partial charge is 0.173 e. The Bertz CT molecular complexity index is 607. The highest BCUT2D eigenvalue weighted by atomic mass is 32.2. The predicted molar refractivity (Wildman–Crippen MR) is 84.6 cm³/mol. The molecule has 0 bridgehead atoms. The van der Waals surface area contributed by atoms with Crippen molar-refractivity contribution in [1.82, 2.24) is 4.98 Å². The van der Waals surface area contributed by atoms with Gasteiger partial charge in [-0.05, 0) is 29.3 Å². The van der Waals surface area contributed by atoms with Crippen molar-refractivity contribution < 1.29 is 20.1 Å². The van der Waals surface area contributed by atoms with E-state index in [0.717, 1.165) is 11.1 Å². The molecule has 1 aromatic heterocycles. The lowest BCUT2D eigenvalue weighted by atomic mass is 10.1. The number of aliphatic hydroxyl groups excluding tert-OH is 3. The van der Waals surface area contributed by atoms with Gasteiger partial charge in [0.1, 0.15) is 18.0 Å². The van der Waals surface area contributed by atoms with Crippen LogP contribution >= 0.6 is 11.8 Å². The van der Waals surface area contributed by atoms with Gasteiger partial charge < -0.3 is 20.1 Å². The molecule has 0 spiro atoms. The Hall–Kier alpha value is -1.60. The van der Waals surface area contributed by atoms with Crippen LogP contribution in [0.3, 0.4) is 0 Å². The molecule has 116 valence electrons. The summed E-state index contributed by atoms with van der Waals surface area (Å²) in [6.45, 7) is 0. The monoisotopic (exact) mass is 319 g/mol. The van der Waals surface area contributed by atoms with Gasteiger partial charge >= 0.3 is 0 Å². The molecule has 1 saturated heterocycles. The summed E-state index contributed by atoms with van der Waals surface area (Å²) in [5.41, 5.74) is 1.44. The Labute approximate surface area is 132 Å². The van der Waals surface area contributed by atoms with Crippen LogP contribution in [0.5, 0.6) is 5.75 Å². The maximum absolute atomic E-state index is 9.94. The molecule has 3 rings (SSSR count). The van der Waals surface area contributed by atoms with Crippen LogP contribution in [0.2, 0.25) is 0 Å². The molecule has 0 unspecified atom stereocenters. The van der Waals surface area contributed by atoms with E-state index >= 15 is 0 Å². The minimum atomic E-state index is -1.18. The summed E-state index contributed by atoms with van der Waals surface area (Å²) in [7, 11) is 0. The zero-order valence-corrected chi connectivity index (χ0v) is 12.6. The summed E-state index contributed by atoms with van der Waals surface area (Å²) in [6, 6.07) is 11.3. The van der Waals surface area contributed by atoms with Gasteiger partial charge in [-0.25, -0.2) is 0 Å². The number of benzene rings is 1. The molecule has 1 aliphatic heterocycles. The van der Waals surface area contributed by atoms with Crippen LogP contribution in [0.1, 0.15) is 0 Å². The number of hydrogen-bond donors (Lipinski definition) is 3. The molecule has 3 N–H and O–H groups in total. The van der Waals surface area contributed by atoms with E-state index < -0.39 is 23.7 Å². The number of ether oxygens (including phenoxy) is 1. The summed E-state index contributed by atoms with van der Waals surface area (Å²) in [5, 5.41) is 29.1. The van der Waals surface area contributed by atoms with Crippen molar-refractivity contribution in [3.8, 4) is 16.9 Å². The topological polar surface area (TPSA) is 82.8 Å². The predicted octanol–water partition coefficient (Wildman–Crippen LogP) is 1.28. The van der Waals surface area contributed by atoms with Gasteiger partial charge in [-0.3, -0.25) is 4.98 Å². The number of thioether (sulfide) groups is 1. The normalized spacial score (nSPS) is 28.3. The lowest BCUT2D eigenvalue weighted by Gasteiger charge is -2.34. The van der Waals surface area contributed by atoms with Crippen LogP contribution in [0.25, 0.3) is 11.1 Å². The first-order chi connectivity index (χ1) is 10.6.